The van der Waals surface area contributed by atoms with Crippen molar-refractivity contribution in [2.45, 2.75) is 45.3 Å². The highest BCUT2D eigenvalue weighted by molar-refractivity contribution is 5.75. The van der Waals surface area contributed by atoms with Gasteiger partial charge in [-0.15, -0.1) is 0 Å². The maximum Gasteiger partial charge on any atom is 0.416 e. The summed E-state index contributed by atoms with van der Waals surface area (Å²) in [6, 6.07) is 1.99. The average molecular weight is 372 g/mol. The van der Waals surface area contributed by atoms with Gasteiger partial charge in [-0.25, -0.2) is 9.78 Å². The number of rotatable bonds is 3. The molecule has 0 radical (unpaired) electrons. The molecule has 1 aliphatic heterocycles. The first-order chi connectivity index (χ1) is 12.0. The van der Waals surface area contributed by atoms with Gasteiger partial charge >= 0.3 is 12.2 Å². The number of pyridine rings is 1. The van der Waals surface area contributed by atoms with Crippen molar-refractivity contribution in [3.05, 3.63) is 23.9 Å². The SMILES string of the molecule is CN(CC1CCN(C(=O)NC(C)(C)C)CC1)c1cc(C(F)(F)F)ccn1. The molecule has 5 nitrogen and oxygen atoms in total. The smallest absolute Gasteiger partial charge is 0.359 e. The Morgan fingerprint density at radius 2 is 1.92 bits per heavy atom. The number of halogens is 3. The molecule has 1 N–H and O–H groups in total. The summed E-state index contributed by atoms with van der Waals surface area (Å²) in [6.45, 7) is 7.73. The molecule has 0 saturated carbocycles. The number of hydrogen-bond donors (Lipinski definition) is 1. The fraction of sp³-hybridized carbons (Fsp3) is 0.667. The van der Waals surface area contributed by atoms with E-state index in [2.05, 4.69) is 10.3 Å². The third-order valence-corrected chi connectivity index (χ3v) is 4.38. The Morgan fingerprint density at radius 1 is 1.31 bits per heavy atom. The van der Waals surface area contributed by atoms with Crippen molar-refractivity contribution in [3.8, 4) is 0 Å². The molecule has 1 saturated heterocycles. The first kappa shape index (κ1) is 20.3. The molecule has 1 fully saturated rings. The number of carbonyl (C=O) groups excluding carboxylic acids is 1. The number of aromatic nitrogens is 1. The van der Waals surface area contributed by atoms with E-state index in [-0.39, 0.29) is 11.6 Å². The molecule has 26 heavy (non-hydrogen) atoms. The van der Waals surface area contributed by atoms with Gasteiger partial charge < -0.3 is 15.1 Å². The molecular weight excluding hydrogens is 345 g/mol. The molecule has 2 amide bonds. The fourth-order valence-corrected chi connectivity index (χ4v) is 3.00. The summed E-state index contributed by atoms with van der Waals surface area (Å²) in [4.78, 5) is 19.8. The van der Waals surface area contributed by atoms with E-state index in [0.717, 1.165) is 25.0 Å². The van der Waals surface area contributed by atoms with Crippen LogP contribution in [0.25, 0.3) is 0 Å². The zero-order valence-electron chi connectivity index (χ0n) is 15.7. The zero-order chi connectivity index (χ0) is 19.5. The van der Waals surface area contributed by atoms with Crippen molar-refractivity contribution in [2.24, 2.45) is 5.92 Å². The second kappa shape index (κ2) is 7.72. The molecule has 0 aromatic carbocycles. The Labute approximate surface area is 152 Å². The van der Waals surface area contributed by atoms with Gasteiger partial charge in [0.2, 0.25) is 0 Å². The van der Waals surface area contributed by atoms with Gasteiger partial charge in [-0.3, -0.25) is 0 Å². The minimum absolute atomic E-state index is 0.0659. The minimum atomic E-state index is -4.37. The molecule has 1 aromatic rings. The van der Waals surface area contributed by atoms with Crippen molar-refractivity contribution < 1.29 is 18.0 Å². The van der Waals surface area contributed by atoms with E-state index in [9.17, 15) is 18.0 Å². The number of piperidine rings is 1. The van der Waals surface area contributed by atoms with Crippen molar-refractivity contribution in [2.75, 3.05) is 31.6 Å². The normalized spacial score (nSPS) is 16.5. The van der Waals surface area contributed by atoms with Crippen LogP contribution in [0.3, 0.4) is 0 Å². The fourth-order valence-electron chi connectivity index (χ4n) is 3.00. The van der Waals surface area contributed by atoms with Crippen molar-refractivity contribution in [3.63, 3.8) is 0 Å². The summed E-state index contributed by atoms with van der Waals surface area (Å²) in [5.41, 5.74) is -0.966. The van der Waals surface area contributed by atoms with Crippen molar-refractivity contribution in [1.82, 2.24) is 15.2 Å². The van der Waals surface area contributed by atoms with E-state index >= 15 is 0 Å². The highest BCUT2D eigenvalue weighted by Gasteiger charge is 2.31. The second-order valence-electron chi connectivity index (χ2n) is 7.89. The maximum atomic E-state index is 12.8. The second-order valence-corrected chi connectivity index (χ2v) is 7.89. The number of amides is 2. The number of nitrogens with one attached hydrogen (secondary N) is 1. The highest BCUT2D eigenvalue weighted by atomic mass is 19.4. The largest absolute Gasteiger partial charge is 0.416 e. The number of nitrogens with zero attached hydrogens (tertiary/aromatic N) is 3. The zero-order valence-corrected chi connectivity index (χ0v) is 15.7. The first-order valence-electron chi connectivity index (χ1n) is 8.77. The number of alkyl halides is 3. The molecule has 0 atom stereocenters. The van der Waals surface area contributed by atoms with Gasteiger partial charge in [0, 0.05) is 38.4 Å². The van der Waals surface area contributed by atoms with Crippen LogP contribution in [-0.4, -0.2) is 48.1 Å². The third-order valence-electron chi connectivity index (χ3n) is 4.38. The third kappa shape index (κ3) is 5.78. The first-order valence-corrected chi connectivity index (χ1v) is 8.77. The van der Waals surface area contributed by atoms with E-state index in [4.69, 9.17) is 0 Å². The van der Waals surface area contributed by atoms with Crippen LogP contribution in [-0.2, 0) is 6.18 Å². The lowest BCUT2D eigenvalue weighted by molar-refractivity contribution is -0.137. The van der Waals surface area contributed by atoms with Gasteiger partial charge in [-0.05, 0) is 51.7 Å². The highest BCUT2D eigenvalue weighted by Crippen LogP contribution is 2.31. The molecule has 0 spiro atoms. The quantitative estimate of drug-likeness (QED) is 0.879. The van der Waals surface area contributed by atoms with Crippen LogP contribution in [0.2, 0.25) is 0 Å². The standard InChI is InChI=1S/C18H27F3N4O/c1-17(2,3)23-16(26)25-9-6-13(7-10-25)12-24(4)15-11-14(5-8-22-15)18(19,20)21/h5,8,11,13H,6-7,9-10,12H2,1-4H3,(H,23,26). The number of carbonyl (C=O) groups is 1. The van der Waals surface area contributed by atoms with Gasteiger partial charge in [0.1, 0.15) is 5.82 Å². The molecule has 2 heterocycles. The lowest BCUT2D eigenvalue weighted by Crippen LogP contribution is -2.51. The Bertz CT molecular complexity index is 620. The Balaban J connectivity index is 1.88. The molecule has 1 aromatic heterocycles. The van der Waals surface area contributed by atoms with Crippen LogP contribution in [0.5, 0.6) is 0 Å². The molecule has 146 valence electrons. The number of anilines is 1. The lowest BCUT2D eigenvalue weighted by Gasteiger charge is -2.35. The van der Waals surface area contributed by atoms with Crippen LogP contribution in [0, 0.1) is 5.92 Å². The molecule has 0 unspecified atom stereocenters. The average Bonchev–Trinajstić information content (AvgIpc) is 2.53. The summed E-state index contributed by atoms with van der Waals surface area (Å²) < 4.78 is 38.5. The summed E-state index contributed by atoms with van der Waals surface area (Å²) >= 11 is 0. The monoisotopic (exact) mass is 372 g/mol. The molecule has 1 aliphatic rings. The number of urea groups is 1. The van der Waals surface area contributed by atoms with Gasteiger partial charge in [-0.1, -0.05) is 0 Å². The predicted molar refractivity (Wildman–Crippen MR) is 95.1 cm³/mol. The molecule has 0 bridgehead atoms. The Morgan fingerprint density at radius 3 is 2.46 bits per heavy atom. The van der Waals surface area contributed by atoms with Gasteiger partial charge in [0.15, 0.2) is 0 Å². The van der Waals surface area contributed by atoms with Crippen LogP contribution >= 0.6 is 0 Å². The van der Waals surface area contributed by atoms with Crippen molar-refractivity contribution >= 4 is 11.8 Å². The van der Waals surface area contributed by atoms with Gasteiger partial charge in [0.25, 0.3) is 0 Å². The molecule has 8 heteroatoms. The minimum Gasteiger partial charge on any atom is -0.359 e. The molecule has 0 aliphatic carbocycles. The van der Waals surface area contributed by atoms with Crippen molar-refractivity contribution in [1.29, 1.82) is 0 Å². The van der Waals surface area contributed by atoms with E-state index in [1.165, 1.54) is 6.20 Å². The predicted octanol–water partition coefficient (Wildman–Crippen LogP) is 3.76. The number of hydrogen-bond acceptors (Lipinski definition) is 3. The lowest BCUT2D eigenvalue weighted by atomic mass is 9.96. The summed E-state index contributed by atoms with van der Waals surface area (Å²) in [5, 5.41) is 2.95. The van der Waals surface area contributed by atoms with Gasteiger partial charge in [0.05, 0.1) is 5.56 Å². The maximum absolute atomic E-state index is 12.8. The van der Waals surface area contributed by atoms with E-state index < -0.39 is 11.7 Å². The molecular formula is C18H27F3N4O. The summed E-state index contributed by atoms with van der Waals surface area (Å²) in [6.07, 6.45) is -1.54. The topological polar surface area (TPSA) is 48.5 Å². The molecule has 2 rings (SSSR count). The van der Waals surface area contributed by atoms with Crippen LogP contribution < -0.4 is 10.2 Å². The van der Waals surface area contributed by atoms with Crippen LogP contribution in [0.15, 0.2) is 18.3 Å². The van der Waals surface area contributed by atoms with E-state index in [1.54, 1.807) is 16.8 Å². The van der Waals surface area contributed by atoms with Crippen LogP contribution in [0.1, 0.15) is 39.2 Å². The summed E-state index contributed by atoms with van der Waals surface area (Å²) in [5.74, 6) is 0.628. The Hall–Kier alpha value is -1.99. The van der Waals surface area contributed by atoms with Gasteiger partial charge in [-0.2, -0.15) is 13.2 Å². The van der Waals surface area contributed by atoms with E-state index in [1.807, 2.05) is 20.8 Å². The van der Waals surface area contributed by atoms with Crippen LogP contribution in [0.4, 0.5) is 23.8 Å². The Kier molecular flexibility index (Phi) is 6.03. The summed E-state index contributed by atoms with van der Waals surface area (Å²) in [7, 11) is 1.75. The van der Waals surface area contributed by atoms with E-state index in [0.29, 0.717) is 31.4 Å². The number of likely N-dealkylation sites (tertiary alicyclic amines) is 1.